The maximum absolute atomic E-state index is 5.23. The summed E-state index contributed by atoms with van der Waals surface area (Å²) in [4.78, 5) is 5.23. The summed E-state index contributed by atoms with van der Waals surface area (Å²) < 4.78 is 4.80. The van der Waals surface area contributed by atoms with Crippen LogP contribution < -0.4 is 0 Å². The van der Waals surface area contributed by atoms with E-state index in [1.807, 2.05) is 0 Å². The van der Waals surface area contributed by atoms with Gasteiger partial charge in [-0.2, -0.15) is 0 Å². The Morgan fingerprint density at radius 1 is 0.358 bits per heavy atom. The minimum atomic E-state index is 1.01. The fourth-order valence-electron chi connectivity index (χ4n) is 8.54. The van der Waals surface area contributed by atoms with Crippen LogP contribution in [0.15, 0.2) is 182 Å². The second kappa shape index (κ2) is 11.5. The molecular weight excluding hydrogens is 643 g/mol. The molecule has 3 aromatic heterocycles. The molecule has 0 N–H and O–H groups in total. The number of hydrogen-bond donors (Lipinski definition) is 0. The number of rotatable bonds is 4. The topological polar surface area (TPSA) is 22.8 Å². The molecule has 0 spiro atoms. The lowest BCUT2D eigenvalue weighted by molar-refractivity contribution is 1.18. The van der Waals surface area contributed by atoms with E-state index in [1.165, 1.54) is 76.6 Å². The molecule has 11 aromatic rings. The van der Waals surface area contributed by atoms with Crippen LogP contribution in [0.5, 0.6) is 0 Å². The Kier molecular flexibility index (Phi) is 6.47. The van der Waals surface area contributed by atoms with Crippen LogP contribution in [-0.4, -0.2) is 14.1 Å². The first kappa shape index (κ1) is 29.7. The van der Waals surface area contributed by atoms with Gasteiger partial charge >= 0.3 is 0 Å². The molecule has 0 saturated carbocycles. The molecule has 3 heteroatoms. The molecule has 0 aliphatic carbocycles. The molecule has 0 bridgehead atoms. The van der Waals surface area contributed by atoms with Crippen LogP contribution >= 0.6 is 0 Å². The largest absolute Gasteiger partial charge is 0.309 e. The van der Waals surface area contributed by atoms with Gasteiger partial charge in [-0.3, -0.25) is 4.98 Å². The summed E-state index contributed by atoms with van der Waals surface area (Å²) in [7, 11) is 0. The SMILES string of the molecule is Cc1ccc2c(-c3ccc4c(c3)c3ccccc3n4-c3ccccc3)cc3cc4c(cc3c2n1)c1ccccc1n4-c1cccc(-c2ccccc2)c1. The van der Waals surface area contributed by atoms with Crippen LogP contribution in [0.2, 0.25) is 0 Å². The first-order valence-corrected chi connectivity index (χ1v) is 18.2. The molecule has 11 rings (SSSR count). The van der Waals surface area contributed by atoms with Crippen molar-refractivity contribution in [3.8, 4) is 33.6 Å². The summed E-state index contributed by atoms with van der Waals surface area (Å²) in [6.07, 6.45) is 0. The molecule has 0 radical (unpaired) electrons. The second-order valence-electron chi connectivity index (χ2n) is 14.1. The Balaban J connectivity index is 1.19. The quantitative estimate of drug-likeness (QED) is 0.170. The molecule has 0 aliphatic rings. The lowest BCUT2D eigenvalue weighted by atomic mass is 9.93. The van der Waals surface area contributed by atoms with Gasteiger partial charge in [-0.05, 0) is 107 Å². The first-order valence-electron chi connectivity index (χ1n) is 18.2. The maximum Gasteiger partial charge on any atom is 0.0789 e. The molecule has 0 saturated heterocycles. The van der Waals surface area contributed by atoms with Crippen LogP contribution in [0.1, 0.15) is 5.69 Å². The zero-order valence-electron chi connectivity index (χ0n) is 29.2. The number of nitrogens with zero attached hydrogens (tertiary/aromatic N) is 3. The van der Waals surface area contributed by atoms with E-state index in [-0.39, 0.29) is 0 Å². The fourth-order valence-corrected chi connectivity index (χ4v) is 8.54. The minimum absolute atomic E-state index is 1.01. The van der Waals surface area contributed by atoms with Gasteiger partial charge in [0.15, 0.2) is 0 Å². The second-order valence-corrected chi connectivity index (χ2v) is 14.1. The number of para-hydroxylation sites is 3. The predicted octanol–water partition coefficient (Wildman–Crippen LogP) is 13.2. The minimum Gasteiger partial charge on any atom is -0.309 e. The van der Waals surface area contributed by atoms with E-state index in [0.29, 0.717) is 0 Å². The molecule has 53 heavy (non-hydrogen) atoms. The Labute approximate surface area is 306 Å². The van der Waals surface area contributed by atoms with Crippen LogP contribution in [0.25, 0.3) is 98.9 Å². The van der Waals surface area contributed by atoms with E-state index in [9.17, 15) is 0 Å². The number of hydrogen-bond acceptors (Lipinski definition) is 1. The van der Waals surface area contributed by atoms with Crippen LogP contribution in [-0.2, 0) is 0 Å². The number of pyridine rings is 1. The van der Waals surface area contributed by atoms with Crippen molar-refractivity contribution in [2.75, 3.05) is 0 Å². The van der Waals surface area contributed by atoms with E-state index < -0.39 is 0 Å². The van der Waals surface area contributed by atoms with E-state index in [0.717, 1.165) is 28.0 Å². The Morgan fingerprint density at radius 2 is 0.981 bits per heavy atom. The molecular formula is C50H33N3. The van der Waals surface area contributed by atoms with Crippen molar-refractivity contribution < 1.29 is 0 Å². The van der Waals surface area contributed by atoms with Gasteiger partial charge in [0, 0.05) is 49.4 Å². The summed E-state index contributed by atoms with van der Waals surface area (Å²) >= 11 is 0. The first-order chi connectivity index (χ1) is 26.2. The van der Waals surface area contributed by atoms with Crippen molar-refractivity contribution >= 4 is 65.3 Å². The van der Waals surface area contributed by atoms with Crippen molar-refractivity contribution in [3.05, 3.63) is 188 Å². The Morgan fingerprint density at radius 3 is 1.75 bits per heavy atom. The molecule has 0 amide bonds. The van der Waals surface area contributed by atoms with Gasteiger partial charge < -0.3 is 9.13 Å². The highest BCUT2D eigenvalue weighted by molar-refractivity contribution is 6.20. The van der Waals surface area contributed by atoms with E-state index in [4.69, 9.17) is 4.98 Å². The monoisotopic (exact) mass is 675 g/mol. The van der Waals surface area contributed by atoms with Crippen molar-refractivity contribution in [1.82, 2.24) is 14.1 Å². The lowest BCUT2D eigenvalue weighted by Crippen LogP contribution is -1.95. The highest BCUT2D eigenvalue weighted by Crippen LogP contribution is 2.42. The molecule has 248 valence electrons. The van der Waals surface area contributed by atoms with Gasteiger partial charge in [-0.25, -0.2) is 0 Å². The number of benzene rings is 8. The highest BCUT2D eigenvalue weighted by Gasteiger charge is 2.19. The zero-order valence-corrected chi connectivity index (χ0v) is 29.2. The summed E-state index contributed by atoms with van der Waals surface area (Å²) in [6.45, 7) is 2.09. The van der Waals surface area contributed by atoms with E-state index in [1.54, 1.807) is 0 Å². The van der Waals surface area contributed by atoms with Crippen LogP contribution in [0.3, 0.4) is 0 Å². The third-order valence-corrected chi connectivity index (χ3v) is 10.9. The Bertz CT molecular complexity index is 3220. The van der Waals surface area contributed by atoms with Crippen molar-refractivity contribution in [2.45, 2.75) is 6.92 Å². The summed E-state index contributed by atoms with van der Waals surface area (Å²) in [5.74, 6) is 0. The van der Waals surface area contributed by atoms with Crippen LogP contribution in [0, 0.1) is 6.92 Å². The van der Waals surface area contributed by atoms with Gasteiger partial charge in [0.1, 0.15) is 0 Å². The molecule has 3 heterocycles. The number of aromatic nitrogens is 3. The van der Waals surface area contributed by atoms with Crippen molar-refractivity contribution in [2.24, 2.45) is 0 Å². The normalized spacial score (nSPS) is 11.9. The molecule has 0 aliphatic heterocycles. The summed E-state index contributed by atoms with van der Waals surface area (Å²) in [6, 6.07) is 66.2. The standard InChI is InChI=1S/C50H33N3/c1-32-23-25-41-42(35-24-26-48-44(28-35)39-19-8-10-21-46(39)52(48)37-16-6-3-7-17-37)29-36-30-49-45(31-43(36)50(41)51-32)40-20-9-11-22-47(40)53(49)38-18-12-15-34(27-38)33-13-4-2-5-14-33/h2-31H,1H3. The molecule has 0 atom stereocenters. The average Bonchev–Trinajstić information content (AvgIpc) is 3.72. The number of aryl methyl sites for hydroxylation is 1. The Hall–Kier alpha value is -6.97. The average molecular weight is 676 g/mol. The van der Waals surface area contributed by atoms with Gasteiger partial charge in [-0.15, -0.1) is 0 Å². The van der Waals surface area contributed by atoms with Crippen molar-refractivity contribution in [3.63, 3.8) is 0 Å². The summed E-state index contributed by atoms with van der Waals surface area (Å²) in [5.41, 5.74) is 13.9. The molecule has 8 aromatic carbocycles. The maximum atomic E-state index is 5.23. The molecule has 0 fully saturated rings. The molecule has 0 unspecified atom stereocenters. The highest BCUT2D eigenvalue weighted by atomic mass is 15.0. The van der Waals surface area contributed by atoms with Crippen molar-refractivity contribution in [1.29, 1.82) is 0 Å². The lowest BCUT2D eigenvalue weighted by Gasteiger charge is -2.14. The predicted molar refractivity (Wildman–Crippen MR) is 224 cm³/mol. The zero-order chi connectivity index (χ0) is 35.0. The van der Waals surface area contributed by atoms with Gasteiger partial charge in [0.05, 0.1) is 27.6 Å². The molecule has 3 nitrogen and oxygen atoms in total. The van der Waals surface area contributed by atoms with Gasteiger partial charge in [0.2, 0.25) is 0 Å². The third kappa shape index (κ3) is 4.57. The summed E-state index contributed by atoms with van der Waals surface area (Å²) in [5, 5.41) is 8.45. The fraction of sp³-hybridized carbons (Fsp3) is 0.0200. The smallest absolute Gasteiger partial charge is 0.0789 e. The van der Waals surface area contributed by atoms with Gasteiger partial charge in [-0.1, -0.05) is 109 Å². The van der Waals surface area contributed by atoms with E-state index >= 15 is 0 Å². The van der Waals surface area contributed by atoms with Crippen LogP contribution in [0.4, 0.5) is 0 Å². The van der Waals surface area contributed by atoms with Gasteiger partial charge in [0.25, 0.3) is 0 Å². The van der Waals surface area contributed by atoms with E-state index in [2.05, 4.69) is 198 Å². The number of fused-ring (bicyclic) bond motifs is 9. The third-order valence-electron chi connectivity index (χ3n) is 10.9.